The Morgan fingerprint density at radius 3 is 2.41 bits per heavy atom. The molecule has 0 saturated heterocycles. The van der Waals surface area contributed by atoms with E-state index in [1.165, 1.54) is 35.8 Å². The summed E-state index contributed by atoms with van der Waals surface area (Å²) in [6, 6.07) is 14.4. The van der Waals surface area contributed by atoms with Crippen LogP contribution in [0.15, 0.2) is 63.8 Å². The second kappa shape index (κ2) is 8.70. The number of hydrogen-bond donors (Lipinski definition) is 0. The van der Waals surface area contributed by atoms with Gasteiger partial charge in [0.2, 0.25) is 10.0 Å². The van der Waals surface area contributed by atoms with E-state index in [1.807, 2.05) is 47.3 Å². The monoisotopic (exact) mass is 487 g/mol. The summed E-state index contributed by atoms with van der Waals surface area (Å²) < 4.78 is 27.9. The number of benzene rings is 2. The topological polar surface area (TPSA) is 54.7 Å². The summed E-state index contributed by atoms with van der Waals surface area (Å²) in [5.74, 6) is 0. The van der Waals surface area contributed by atoms with Crippen molar-refractivity contribution >= 4 is 55.6 Å². The Morgan fingerprint density at radius 1 is 1.11 bits per heavy atom. The van der Waals surface area contributed by atoms with Crippen LogP contribution >= 0.6 is 39.9 Å². The SMILES string of the molecule is Br.CN(C)S(=O)(=O)c1ccc(Cl)c(-c2csc(=Nc3ccccc3)n2C)c1. The Labute approximate surface area is 178 Å². The molecule has 0 saturated carbocycles. The van der Waals surface area contributed by atoms with Gasteiger partial charge in [-0.2, -0.15) is 0 Å². The van der Waals surface area contributed by atoms with Crippen LogP contribution in [0.25, 0.3) is 11.3 Å². The summed E-state index contributed by atoms with van der Waals surface area (Å²) in [6.45, 7) is 0. The van der Waals surface area contributed by atoms with E-state index < -0.39 is 10.0 Å². The zero-order valence-electron chi connectivity index (χ0n) is 15.0. The normalized spacial score (nSPS) is 12.3. The standard InChI is InChI=1S/C18H18ClN3O2S2.BrH/c1-21(2)26(23,24)14-9-10-16(19)15(11-14)17-12-25-18(22(17)3)20-13-7-5-4-6-8-13;/h4-12H,1-3H3;1H. The van der Waals surface area contributed by atoms with E-state index in [2.05, 4.69) is 4.99 Å². The maximum atomic E-state index is 12.4. The summed E-state index contributed by atoms with van der Waals surface area (Å²) >= 11 is 7.83. The van der Waals surface area contributed by atoms with Crippen LogP contribution in [0.3, 0.4) is 0 Å². The van der Waals surface area contributed by atoms with Crippen molar-refractivity contribution in [1.29, 1.82) is 0 Å². The third-order valence-electron chi connectivity index (χ3n) is 3.90. The lowest BCUT2D eigenvalue weighted by molar-refractivity contribution is 0.521. The van der Waals surface area contributed by atoms with E-state index in [4.69, 9.17) is 11.6 Å². The lowest BCUT2D eigenvalue weighted by Gasteiger charge is -2.13. The van der Waals surface area contributed by atoms with Crippen molar-refractivity contribution in [3.8, 4) is 11.3 Å². The molecule has 0 radical (unpaired) electrons. The minimum absolute atomic E-state index is 0. The largest absolute Gasteiger partial charge is 0.319 e. The number of para-hydroxylation sites is 1. The predicted octanol–water partition coefficient (Wildman–Crippen LogP) is 4.47. The van der Waals surface area contributed by atoms with Crippen LogP contribution < -0.4 is 4.80 Å². The second-order valence-electron chi connectivity index (χ2n) is 5.84. The van der Waals surface area contributed by atoms with Crippen molar-refractivity contribution < 1.29 is 8.42 Å². The maximum Gasteiger partial charge on any atom is 0.242 e. The van der Waals surface area contributed by atoms with Gasteiger partial charge in [0.25, 0.3) is 0 Å². The van der Waals surface area contributed by atoms with E-state index in [0.29, 0.717) is 10.6 Å². The van der Waals surface area contributed by atoms with Crippen LogP contribution in [0.1, 0.15) is 0 Å². The first-order chi connectivity index (χ1) is 12.3. The lowest BCUT2D eigenvalue weighted by Crippen LogP contribution is -2.22. The van der Waals surface area contributed by atoms with Crippen molar-refractivity contribution in [2.24, 2.45) is 12.0 Å². The molecule has 1 aromatic heterocycles. The number of hydrogen-bond acceptors (Lipinski definition) is 4. The van der Waals surface area contributed by atoms with Crippen molar-refractivity contribution in [1.82, 2.24) is 8.87 Å². The van der Waals surface area contributed by atoms with Gasteiger partial charge in [-0.1, -0.05) is 29.8 Å². The van der Waals surface area contributed by atoms with Gasteiger partial charge in [0.1, 0.15) is 0 Å². The van der Waals surface area contributed by atoms with Crippen molar-refractivity contribution in [2.45, 2.75) is 4.90 Å². The minimum Gasteiger partial charge on any atom is -0.319 e. The van der Waals surface area contributed by atoms with Gasteiger partial charge in [0, 0.05) is 37.1 Å². The van der Waals surface area contributed by atoms with Gasteiger partial charge in [0.05, 0.1) is 16.3 Å². The van der Waals surface area contributed by atoms with Crippen LogP contribution in [0.5, 0.6) is 0 Å². The van der Waals surface area contributed by atoms with E-state index in [9.17, 15) is 8.42 Å². The minimum atomic E-state index is -3.53. The Morgan fingerprint density at radius 2 is 1.78 bits per heavy atom. The molecule has 0 spiro atoms. The fourth-order valence-corrected chi connectivity index (χ4v) is 4.46. The van der Waals surface area contributed by atoms with Gasteiger partial charge in [-0.25, -0.2) is 17.7 Å². The molecule has 0 atom stereocenters. The van der Waals surface area contributed by atoms with E-state index in [0.717, 1.165) is 16.2 Å². The van der Waals surface area contributed by atoms with Crippen molar-refractivity contribution in [2.75, 3.05) is 14.1 Å². The fourth-order valence-electron chi connectivity index (χ4n) is 2.40. The highest BCUT2D eigenvalue weighted by atomic mass is 79.9. The second-order valence-corrected chi connectivity index (χ2v) is 9.23. The molecule has 144 valence electrons. The highest BCUT2D eigenvalue weighted by molar-refractivity contribution is 8.93. The molecule has 0 bridgehead atoms. The predicted molar refractivity (Wildman–Crippen MR) is 117 cm³/mol. The number of sulfonamides is 1. The molecule has 0 aliphatic carbocycles. The molecule has 27 heavy (non-hydrogen) atoms. The average Bonchev–Trinajstić information content (AvgIpc) is 2.96. The van der Waals surface area contributed by atoms with Gasteiger partial charge < -0.3 is 4.57 Å². The van der Waals surface area contributed by atoms with Gasteiger partial charge in [-0.3, -0.25) is 0 Å². The number of nitrogens with zero attached hydrogens (tertiary/aromatic N) is 3. The Kier molecular flexibility index (Phi) is 7.04. The number of thiazole rings is 1. The molecular weight excluding hydrogens is 470 g/mol. The summed E-state index contributed by atoms with van der Waals surface area (Å²) in [7, 11) is 1.36. The first-order valence-electron chi connectivity index (χ1n) is 7.77. The molecule has 0 aliphatic rings. The third kappa shape index (κ3) is 4.52. The smallest absolute Gasteiger partial charge is 0.242 e. The first kappa shape index (κ1) is 21.8. The molecule has 0 amide bonds. The fraction of sp³-hybridized carbons (Fsp3) is 0.167. The Bertz CT molecular complexity index is 1110. The molecule has 9 heteroatoms. The van der Waals surface area contributed by atoms with Crippen molar-refractivity contribution in [3.05, 3.63) is 63.7 Å². The van der Waals surface area contributed by atoms with E-state index in [-0.39, 0.29) is 21.9 Å². The Hall–Kier alpha value is -1.45. The van der Waals surface area contributed by atoms with Crippen LogP contribution in [0, 0.1) is 0 Å². The van der Waals surface area contributed by atoms with Crippen molar-refractivity contribution in [3.63, 3.8) is 0 Å². The Balaban J connectivity index is 0.00000261. The third-order valence-corrected chi connectivity index (χ3v) is 6.96. The zero-order chi connectivity index (χ0) is 18.9. The molecule has 3 aromatic rings. The average molecular weight is 489 g/mol. The molecule has 0 aliphatic heterocycles. The van der Waals surface area contributed by atoms with Crippen LogP contribution in [0.2, 0.25) is 5.02 Å². The van der Waals surface area contributed by atoms with Crippen LogP contribution in [0.4, 0.5) is 5.69 Å². The van der Waals surface area contributed by atoms with Gasteiger partial charge in [-0.15, -0.1) is 28.3 Å². The number of halogens is 2. The number of aromatic nitrogens is 1. The summed E-state index contributed by atoms with van der Waals surface area (Å²) in [6.07, 6.45) is 0. The van der Waals surface area contributed by atoms with E-state index in [1.54, 1.807) is 12.1 Å². The summed E-state index contributed by atoms with van der Waals surface area (Å²) in [5, 5.41) is 2.41. The van der Waals surface area contributed by atoms with Gasteiger partial charge in [-0.05, 0) is 30.3 Å². The number of rotatable bonds is 4. The molecular formula is C18H19BrClN3O2S2. The molecule has 0 N–H and O–H groups in total. The molecule has 1 heterocycles. The lowest BCUT2D eigenvalue weighted by atomic mass is 10.2. The quantitative estimate of drug-likeness (QED) is 0.544. The zero-order valence-corrected chi connectivity index (χ0v) is 19.1. The summed E-state index contributed by atoms with van der Waals surface area (Å²) in [5.41, 5.74) is 2.32. The molecule has 3 rings (SSSR count). The first-order valence-corrected chi connectivity index (χ1v) is 10.5. The van der Waals surface area contributed by atoms with E-state index >= 15 is 0 Å². The van der Waals surface area contributed by atoms with Crippen LogP contribution in [-0.2, 0) is 17.1 Å². The van der Waals surface area contributed by atoms with Gasteiger partial charge in [0.15, 0.2) is 4.80 Å². The van der Waals surface area contributed by atoms with Crippen LogP contribution in [-0.4, -0.2) is 31.4 Å². The highest BCUT2D eigenvalue weighted by Crippen LogP contribution is 2.31. The highest BCUT2D eigenvalue weighted by Gasteiger charge is 2.20. The molecule has 0 fully saturated rings. The molecule has 5 nitrogen and oxygen atoms in total. The van der Waals surface area contributed by atoms with Gasteiger partial charge >= 0.3 is 0 Å². The summed E-state index contributed by atoms with van der Waals surface area (Å²) in [4.78, 5) is 5.63. The maximum absolute atomic E-state index is 12.4. The molecule has 2 aromatic carbocycles. The molecule has 0 unspecified atom stereocenters.